The SMILES string of the molecule is CCNC(=NCc1nnc2n1CCCC2)N1CCOC(C2CCCO2)C1. The number of morpholine rings is 1. The molecule has 0 bridgehead atoms. The van der Waals surface area contributed by atoms with Crippen molar-refractivity contribution in [1.82, 2.24) is 25.0 Å². The molecule has 1 N–H and O–H groups in total. The van der Waals surface area contributed by atoms with Crippen LogP contribution in [0.3, 0.4) is 0 Å². The first-order chi connectivity index (χ1) is 12.8. The lowest BCUT2D eigenvalue weighted by Gasteiger charge is -2.37. The lowest BCUT2D eigenvalue weighted by Crippen LogP contribution is -2.53. The van der Waals surface area contributed by atoms with Gasteiger partial charge in [0.2, 0.25) is 0 Å². The molecular formula is C18H30N6O2. The van der Waals surface area contributed by atoms with Crippen LogP contribution in [0, 0.1) is 0 Å². The summed E-state index contributed by atoms with van der Waals surface area (Å²) in [5.41, 5.74) is 0. The number of aryl methyl sites for hydroxylation is 1. The third-order valence-electron chi connectivity index (χ3n) is 5.41. The number of rotatable bonds is 4. The Morgan fingerprint density at radius 3 is 2.92 bits per heavy atom. The minimum Gasteiger partial charge on any atom is -0.375 e. The molecule has 0 saturated carbocycles. The molecule has 4 rings (SSSR count). The minimum atomic E-state index is 0.135. The van der Waals surface area contributed by atoms with Gasteiger partial charge < -0.3 is 24.3 Å². The van der Waals surface area contributed by atoms with Crippen molar-refractivity contribution in [2.24, 2.45) is 4.99 Å². The molecule has 1 aromatic heterocycles. The molecule has 0 aromatic carbocycles. The highest BCUT2D eigenvalue weighted by molar-refractivity contribution is 5.80. The summed E-state index contributed by atoms with van der Waals surface area (Å²) in [6, 6.07) is 0. The Kier molecular flexibility index (Phi) is 5.69. The van der Waals surface area contributed by atoms with Crippen LogP contribution in [0.1, 0.15) is 44.3 Å². The molecule has 3 aliphatic heterocycles. The molecule has 0 radical (unpaired) electrons. The van der Waals surface area contributed by atoms with Crippen molar-refractivity contribution >= 4 is 5.96 Å². The van der Waals surface area contributed by atoms with E-state index in [0.717, 1.165) is 76.3 Å². The van der Waals surface area contributed by atoms with Crippen molar-refractivity contribution in [1.29, 1.82) is 0 Å². The molecule has 26 heavy (non-hydrogen) atoms. The van der Waals surface area contributed by atoms with Gasteiger partial charge in [-0.25, -0.2) is 4.99 Å². The standard InChI is InChI=1S/C18H30N6O2/c1-2-19-18(20-12-17-22-21-16-7-3-4-8-24(16)17)23-9-11-26-15(13-23)14-6-5-10-25-14/h14-15H,2-13H2,1H3,(H,19,20). The van der Waals surface area contributed by atoms with Crippen LogP contribution in [0.25, 0.3) is 0 Å². The number of aromatic nitrogens is 3. The third-order valence-corrected chi connectivity index (χ3v) is 5.41. The number of hydrogen-bond acceptors (Lipinski definition) is 5. The summed E-state index contributed by atoms with van der Waals surface area (Å²) < 4.78 is 14.0. The highest BCUT2D eigenvalue weighted by atomic mass is 16.5. The highest BCUT2D eigenvalue weighted by Crippen LogP contribution is 2.21. The Bertz CT molecular complexity index is 625. The number of nitrogens with zero attached hydrogens (tertiary/aromatic N) is 5. The average Bonchev–Trinajstić information content (AvgIpc) is 3.35. The fourth-order valence-corrected chi connectivity index (χ4v) is 4.05. The van der Waals surface area contributed by atoms with Gasteiger partial charge in [-0.3, -0.25) is 0 Å². The molecule has 0 amide bonds. The Balaban J connectivity index is 1.44. The lowest BCUT2D eigenvalue weighted by molar-refractivity contribution is -0.0817. The molecule has 2 saturated heterocycles. The van der Waals surface area contributed by atoms with Crippen LogP contribution in [0.2, 0.25) is 0 Å². The van der Waals surface area contributed by atoms with Crippen molar-refractivity contribution in [3.8, 4) is 0 Å². The van der Waals surface area contributed by atoms with Crippen molar-refractivity contribution in [2.75, 3.05) is 32.8 Å². The summed E-state index contributed by atoms with van der Waals surface area (Å²) in [5.74, 6) is 3.02. The van der Waals surface area contributed by atoms with Crippen molar-refractivity contribution < 1.29 is 9.47 Å². The maximum absolute atomic E-state index is 5.97. The molecule has 8 nitrogen and oxygen atoms in total. The highest BCUT2D eigenvalue weighted by Gasteiger charge is 2.32. The van der Waals surface area contributed by atoms with E-state index >= 15 is 0 Å². The fraction of sp³-hybridized carbons (Fsp3) is 0.833. The molecule has 144 valence electrons. The van der Waals surface area contributed by atoms with E-state index in [1.165, 1.54) is 12.8 Å². The summed E-state index contributed by atoms with van der Waals surface area (Å²) in [7, 11) is 0. The van der Waals surface area contributed by atoms with E-state index in [9.17, 15) is 0 Å². The van der Waals surface area contributed by atoms with E-state index in [2.05, 4.69) is 31.9 Å². The average molecular weight is 362 g/mol. The Morgan fingerprint density at radius 2 is 2.08 bits per heavy atom. The van der Waals surface area contributed by atoms with E-state index in [1.54, 1.807) is 0 Å². The summed E-state index contributed by atoms with van der Waals surface area (Å²) in [6.45, 7) is 7.79. The quantitative estimate of drug-likeness (QED) is 0.635. The number of nitrogens with one attached hydrogen (secondary N) is 1. The predicted molar refractivity (Wildman–Crippen MR) is 98.1 cm³/mol. The molecule has 3 aliphatic rings. The zero-order chi connectivity index (χ0) is 17.8. The van der Waals surface area contributed by atoms with Crippen LogP contribution in [-0.2, 0) is 29.0 Å². The molecule has 0 aliphatic carbocycles. The van der Waals surface area contributed by atoms with Gasteiger partial charge in [0.05, 0.1) is 12.7 Å². The zero-order valence-electron chi connectivity index (χ0n) is 15.7. The minimum absolute atomic E-state index is 0.135. The van der Waals surface area contributed by atoms with E-state index in [4.69, 9.17) is 14.5 Å². The molecule has 1 aromatic rings. The second kappa shape index (κ2) is 8.35. The van der Waals surface area contributed by atoms with Gasteiger partial charge in [-0.1, -0.05) is 0 Å². The van der Waals surface area contributed by atoms with Crippen LogP contribution in [0.5, 0.6) is 0 Å². The maximum Gasteiger partial charge on any atom is 0.194 e. The number of aliphatic imine (C=N–C) groups is 1. The largest absolute Gasteiger partial charge is 0.375 e. The van der Waals surface area contributed by atoms with Gasteiger partial charge in [0.1, 0.15) is 18.5 Å². The molecule has 2 atom stereocenters. The number of guanidine groups is 1. The van der Waals surface area contributed by atoms with Crippen LogP contribution in [0.4, 0.5) is 0 Å². The van der Waals surface area contributed by atoms with Crippen LogP contribution < -0.4 is 5.32 Å². The van der Waals surface area contributed by atoms with E-state index < -0.39 is 0 Å². The van der Waals surface area contributed by atoms with Crippen LogP contribution in [0.15, 0.2) is 4.99 Å². The first kappa shape index (κ1) is 17.7. The van der Waals surface area contributed by atoms with Gasteiger partial charge in [0, 0.05) is 39.2 Å². The number of ether oxygens (including phenoxy) is 2. The third kappa shape index (κ3) is 3.86. The first-order valence-electron chi connectivity index (χ1n) is 10.0. The summed E-state index contributed by atoms with van der Waals surface area (Å²) in [6.07, 6.45) is 6.04. The van der Waals surface area contributed by atoms with Gasteiger partial charge in [-0.15, -0.1) is 10.2 Å². The molecular weight excluding hydrogens is 332 g/mol. The van der Waals surface area contributed by atoms with Crippen molar-refractivity contribution in [3.63, 3.8) is 0 Å². The topological polar surface area (TPSA) is 76.8 Å². The molecule has 2 unspecified atom stereocenters. The van der Waals surface area contributed by atoms with Crippen molar-refractivity contribution in [2.45, 2.75) is 64.3 Å². The van der Waals surface area contributed by atoms with Crippen LogP contribution in [-0.4, -0.2) is 70.7 Å². The summed E-state index contributed by atoms with van der Waals surface area (Å²) >= 11 is 0. The molecule has 2 fully saturated rings. The second-order valence-electron chi connectivity index (χ2n) is 7.22. The van der Waals surface area contributed by atoms with Gasteiger partial charge in [-0.2, -0.15) is 0 Å². The fourth-order valence-electron chi connectivity index (χ4n) is 4.05. The normalized spacial score (nSPS) is 26.8. The molecule has 0 spiro atoms. The Morgan fingerprint density at radius 1 is 1.15 bits per heavy atom. The predicted octanol–water partition coefficient (Wildman–Crippen LogP) is 0.960. The number of fused-ring (bicyclic) bond motifs is 1. The first-order valence-corrected chi connectivity index (χ1v) is 10.0. The van der Waals surface area contributed by atoms with Crippen LogP contribution >= 0.6 is 0 Å². The van der Waals surface area contributed by atoms with Gasteiger partial charge in [-0.05, 0) is 32.6 Å². The van der Waals surface area contributed by atoms with Gasteiger partial charge >= 0.3 is 0 Å². The van der Waals surface area contributed by atoms with Gasteiger partial charge in [0.15, 0.2) is 11.8 Å². The maximum atomic E-state index is 5.97. The smallest absolute Gasteiger partial charge is 0.194 e. The van der Waals surface area contributed by atoms with E-state index in [0.29, 0.717) is 6.54 Å². The van der Waals surface area contributed by atoms with Gasteiger partial charge in [0.25, 0.3) is 0 Å². The lowest BCUT2D eigenvalue weighted by atomic mass is 10.1. The number of hydrogen-bond donors (Lipinski definition) is 1. The summed E-state index contributed by atoms with van der Waals surface area (Å²) in [4.78, 5) is 7.16. The monoisotopic (exact) mass is 362 g/mol. The summed E-state index contributed by atoms with van der Waals surface area (Å²) in [5, 5.41) is 12.1. The second-order valence-corrected chi connectivity index (χ2v) is 7.22. The van der Waals surface area contributed by atoms with E-state index in [-0.39, 0.29) is 12.2 Å². The Hall–Kier alpha value is -1.67. The zero-order valence-corrected chi connectivity index (χ0v) is 15.7. The molecule has 8 heteroatoms. The molecule has 4 heterocycles. The van der Waals surface area contributed by atoms with Crippen molar-refractivity contribution in [3.05, 3.63) is 11.6 Å². The van der Waals surface area contributed by atoms with E-state index in [1.807, 2.05) is 0 Å². The Labute approximate surface area is 155 Å².